The standard InChI is InChI=1S/C13H15N3O2/c1-9-13(17)15-11-3-2-10(8-12(11)14-9)16-4-6-18-7-5-16/h2-3,8H,4-7H2,1H3,(H,15,17). The lowest BCUT2D eigenvalue weighted by atomic mass is 10.2. The van der Waals surface area contributed by atoms with Gasteiger partial charge in [-0.05, 0) is 25.1 Å². The lowest BCUT2D eigenvalue weighted by Crippen LogP contribution is -2.36. The average molecular weight is 245 g/mol. The molecule has 94 valence electrons. The highest BCUT2D eigenvalue weighted by atomic mass is 16.5. The van der Waals surface area contributed by atoms with E-state index in [0.717, 1.165) is 43.0 Å². The fraction of sp³-hybridized carbons (Fsp3) is 0.385. The summed E-state index contributed by atoms with van der Waals surface area (Å²) in [5, 5.41) is 0. The number of aromatic amines is 1. The Bertz CT molecular complexity index is 630. The molecular formula is C13H15N3O2. The van der Waals surface area contributed by atoms with Gasteiger partial charge in [-0.2, -0.15) is 0 Å². The first-order chi connectivity index (χ1) is 8.74. The lowest BCUT2D eigenvalue weighted by molar-refractivity contribution is 0.122. The van der Waals surface area contributed by atoms with Crippen molar-refractivity contribution in [2.75, 3.05) is 31.2 Å². The van der Waals surface area contributed by atoms with Crippen molar-refractivity contribution in [2.24, 2.45) is 0 Å². The number of hydrogen-bond donors (Lipinski definition) is 1. The highest BCUT2D eigenvalue weighted by molar-refractivity contribution is 5.78. The Balaban J connectivity index is 2.04. The predicted molar refractivity (Wildman–Crippen MR) is 70.1 cm³/mol. The molecule has 0 amide bonds. The molecule has 1 aromatic heterocycles. The molecule has 2 aromatic rings. The molecule has 1 aliphatic heterocycles. The molecular weight excluding hydrogens is 230 g/mol. The van der Waals surface area contributed by atoms with Crippen LogP contribution in [0, 0.1) is 6.92 Å². The van der Waals surface area contributed by atoms with Crippen molar-refractivity contribution < 1.29 is 4.74 Å². The van der Waals surface area contributed by atoms with Gasteiger partial charge in [0.25, 0.3) is 5.56 Å². The van der Waals surface area contributed by atoms with Crippen LogP contribution in [0.15, 0.2) is 23.0 Å². The number of aromatic nitrogens is 2. The first kappa shape index (κ1) is 11.2. The van der Waals surface area contributed by atoms with E-state index in [0.29, 0.717) is 5.69 Å². The topological polar surface area (TPSA) is 58.2 Å². The molecule has 18 heavy (non-hydrogen) atoms. The molecule has 1 saturated heterocycles. The number of hydrogen-bond acceptors (Lipinski definition) is 4. The summed E-state index contributed by atoms with van der Waals surface area (Å²) < 4.78 is 5.34. The second-order valence-electron chi connectivity index (χ2n) is 4.45. The van der Waals surface area contributed by atoms with Gasteiger partial charge in [-0.15, -0.1) is 0 Å². The number of rotatable bonds is 1. The van der Waals surface area contributed by atoms with E-state index in [1.807, 2.05) is 18.2 Å². The first-order valence-corrected chi connectivity index (χ1v) is 6.07. The Kier molecular flexibility index (Phi) is 2.76. The zero-order valence-corrected chi connectivity index (χ0v) is 10.3. The number of anilines is 1. The van der Waals surface area contributed by atoms with Gasteiger partial charge in [0.15, 0.2) is 0 Å². The van der Waals surface area contributed by atoms with Gasteiger partial charge in [-0.3, -0.25) is 4.79 Å². The van der Waals surface area contributed by atoms with Crippen molar-refractivity contribution >= 4 is 16.7 Å². The zero-order valence-electron chi connectivity index (χ0n) is 10.3. The second kappa shape index (κ2) is 4.42. The van der Waals surface area contributed by atoms with Crippen LogP contribution in [0.2, 0.25) is 0 Å². The minimum absolute atomic E-state index is 0.123. The van der Waals surface area contributed by atoms with E-state index in [1.165, 1.54) is 0 Å². The monoisotopic (exact) mass is 245 g/mol. The van der Waals surface area contributed by atoms with E-state index in [4.69, 9.17) is 4.74 Å². The fourth-order valence-corrected chi connectivity index (χ4v) is 2.18. The number of fused-ring (bicyclic) bond motifs is 1. The van der Waals surface area contributed by atoms with E-state index >= 15 is 0 Å². The lowest BCUT2D eigenvalue weighted by Gasteiger charge is -2.28. The maximum absolute atomic E-state index is 11.5. The third-order valence-corrected chi connectivity index (χ3v) is 3.22. The Morgan fingerprint density at radius 2 is 2.11 bits per heavy atom. The Morgan fingerprint density at radius 3 is 2.89 bits per heavy atom. The Morgan fingerprint density at radius 1 is 1.33 bits per heavy atom. The van der Waals surface area contributed by atoms with Gasteiger partial charge < -0.3 is 14.6 Å². The molecule has 1 fully saturated rings. The molecule has 0 aliphatic carbocycles. The van der Waals surface area contributed by atoms with Gasteiger partial charge in [0.05, 0.1) is 24.2 Å². The van der Waals surface area contributed by atoms with E-state index < -0.39 is 0 Å². The maximum atomic E-state index is 11.5. The van der Waals surface area contributed by atoms with Crippen LogP contribution in [0.1, 0.15) is 5.69 Å². The van der Waals surface area contributed by atoms with E-state index in [-0.39, 0.29) is 5.56 Å². The number of morpholine rings is 1. The number of nitrogens with zero attached hydrogens (tertiary/aromatic N) is 2. The SMILES string of the molecule is Cc1nc2cc(N3CCOCC3)ccc2[nH]c1=O. The van der Waals surface area contributed by atoms with E-state index in [9.17, 15) is 4.79 Å². The summed E-state index contributed by atoms with van der Waals surface area (Å²) in [6.07, 6.45) is 0. The normalized spacial score (nSPS) is 16.2. The summed E-state index contributed by atoms with van der Waals surface area (Å²) in [6.45, 7) is 5.04. The van der Waals surface area contributed by atoms with Crippen molar-refractivity contribution in [2.45, 2.75) is 6.92 Å². The van der Waals surface area contributed by atoms with Gasteiger partial charge in [0.1, 0.15) is 5.69 Å². The van der Waals surface area contributed by atoms with Gasteiger partial charge >= 0.3 is 0 Å². The molecule has 0 spiro atoms. The molecule has 2 heterocycles. The molecule has 0 atom stereocenters. The molecule has 3 rings (SSSR count). The highest BCUT2D eigenvalue weighted by Crippen LogP contribution is 2.20. The second-order valence-corrected chi connectivity index (χ2v) is 4.45. The molecule has 0 unspecified atom stereocenters. The summed E-state index contributed by atoms with van der Waals surface area (Å²) in [7, 11) is 0. The summed E-state index contributed by atoms with van der Waals surface area (Å²) in [5.41, 5.74) is 3.12. The third-order valence-electron chi connectivity index (χ3n) is 3.22. The largest absolute Gasteiger partial charge is 0.378 e. The highest BCUT2D eigenvalue weighted by Gasteiger charge is 2.12. The number of aryl methyl sites for hydroxylation is 1. The van der Waals surface area contributed by atoms with Crippen molar-refractivity contribution in [3.63, 3.8) is 0 Å². The van der Waals surface area contributed by atoms with Crippen LogP contribution in [-0.4, -0.2) is 36.3 Å². The number of nitrogens with one attached hydrogen (secondary N) is 1. The minimum Gasteiger partial charge on any atom is -0.378 e. The van der Waals surface area contributed by atoms with Crippen molar-refractivity contribution in [1.29, 1.82) is 0 Å². The van der Waals surface area contributed by atoms with Crippen LogP contribution < -0.4 is 10.5 Å². The molecule has 5 nitrogen and oxygen atoms in total. The molecule has 1 aliphatic rings. The third kappa shape index (κ3) is 1.97. The fourth-order valence-electron chi connectivity index (χ4n) is 2.18. The van der Waals surface area contributed by atoms with Gasteiger partial charge in [-0.25, -0.2) is 4.98 Å². The smallest absolute Gasteiger partial charge is 0.269 e. The van der Waals surface area contributed by atoms with Crippen LogP contribution in [0.5, 0.6) is 0 Å². The van der Waals surface area contributed by atoms with Crippen LogP contribution in [0.25, 0.3) is 11.0 Å². The van der Waals surface area contributed by atoms with E-state index in [1.54, 1.807) is 6.92 Å². The zero-order chi connectivity index (χ0) is 12.5. The number of H-pyrrole nitrogens is 1. The van der Waals surface area contributed by atoms with Gasteiger partial charge in [0.2, 0.25) is 0 Å². The summed E-state index contributed by atoms with van der Waals surface area (Å²) in [6, 6.07) is 5.94. The maximum Gasteiger partial charge on any atom is 0.269 e. The summed E-state index contributed by atoms with van der Waals surface area (Å²) >= 11 is 0. The predicted octanol–water partition coefficient (Wildman–Crippen LogP) is 1.07. The number of benzene rings is 1. The van der Waals surface area contributed by atoms with Crippen molar-refractivity contribution in [3.8, 4) is 0 Å². The molecule has 0 bridgehead atoms. The first-order valence-electron chi connectivity index (χ1n) is 6.07. The van der Waals surface area contributed by atoms with Crippen LogP contribution >= 0.6 is 0 Å². The van der Waals surface area contributed by atoms with Gasteiger partial charge in [-0.1, -0.05) is 0 Å². The molecule has 0 saturated carbocycles. The summed E-state index contributed by atoms with van der Waals surface area (Å²) in [5.74, 6) is 0. The Hall–Kier alpha value is -1.88. The Labute approximate surface area is 104 Å². The summed E-state index contributed by atoms with van der Waals surface area (Å²) in [4.78, 5) is 20.9. The van der Waals surface area contributed by atoms with E-state index in [2.05, 4.69) is 14.9 Å². The minimum atomic E-state index is -0.123. The van der Waals surface area contributed by atoms with Crippen LogP contribution in [-0.2, 0) is 4.74 Å². The molecule has 0 radical (unpaired) electrons. The van der Waals surface area contributed by atoms with Crippen LogP contribution in [0.3, 0.4) is 0 Å². The quantitative estimate of drug-likeness (QED) is 0.816. The van der Waals surface area contributed by atoms with Crippen molar-refractivity contribution in [3.05, 3.63) is 34.2 Å². The van der Waals surface area contributed by atoms with Crippen LogP contribution in [0.4, 0.5) is 5.69 Å². The molecule has 1 aromatic carbocycles. The molecule has 1 N–H and O–H groups in total. The average Bonchev–Trinajstić information content (AvgIpc) is 2.41. The van der Waals surface area contributed by atoms with Crippen molar-refractivity contribution in [1.82, 2.24) is 9.97 Å². The number of ether oxygens (including phenoxy) is 1. The van der Waals surface area contributed by atoms with Gasteiger partial charge in [0, 0.05) is 18.8 Å². The molecule has 5 heteroatoms.